The van der Waals surface area contributed by atoms with Crippen LogP contribution in [-0.4, -0.2) is 22.5 Å². The minimum Gasteiger partial charge on any atom is -0.393 e. The van der Waals surface area contributed by atoms with Crippen LogP contribution >= 0.6 is 7.14 Å². The molecule has 18 heavy (non-hydrogen) atoms. The van der Waals surface area contributed by atoms with E-state index in [1.165, 1.54) is 0 Å². The lowest BCUT2D eigenvalue weighted by atomic mass is 10.2. The lowest BCUT2D eigenvalue weighted by Gasteiger charge is -2.32. The highest BCUT2D eigenvalue weighted by molar-refractivity contribution is 7.73. The molecule has 0 heterocycles. The fourth-order valence-corrected chi connectivity index (χ4v) is 5.12. The molecule has 102 valence electrons. The first kappa shape index (κ1) is 15.5. The van der Waals surface area contributed by atoms with Crippen LogP contribution in [0, 0.1) is 0 Å². The van der Waals surface area contributed by atoms with Gasteiger partial charge in [0.15, 0.2) is 0 Å². The zero-order chi connectivity index (χ0) is 13.8. The Morgan fingerprint density at radius 1 is 1.22 bits per heavy atom. The standard InChI is InChI=1S/C15H25O2P/c1-13(16)9-8-12-18(17,15(2,3)4)14-10-6-5-7-11-14/h5-7,10-11,13,16H,8-9,12H2,1-4H3/t13-,18?/m1/s1. The number of hydrogen-bond donors (Lipinski definition) is 1. The number of aliphatic hydroxyl groups excluding tert-OH is 1. The monoisotopic (exact) mass is 268 g/mol. The highest BCUT2D eigenvalue weighted by Gasteiger charge is 2.37. The van der Waals surface area contributed by atoms with Crippen LogP contribution in [0.15, 0.2) is 30.3 Å². The number of rotatable bonds is 5. The van der Waals surface area contributed by atoms with Gasteiger partial charge in [-0.05, 0) is 19.8 Å². The molecule has 0 bridgehead atoms. The minimum atomic E-state index is -2.42. The molecule has 0 saturated carbocycles. The Labute approximate surface area is 111 Å². The maximum Gasteiger partial charge on any atom is 0.120 e. The molecule has 2 nitrogen and oxygen atoms in total. The Kier molecular flexibility index (Phi) is 5.19. The van der Waals surface area contributed by atoms with Gasteiger partial charge >= 0.3 is 0 Å². The maximum absolute atomic E-state index is 13.3. The van der Waals surface area contributed by atoms with E-state index >= 15 is 0 Å². The molecule has 1 unspecified atom stereocenters. The molecule has 0 aromatic heterocycles. The van der Waals surface area contributed by atoms with Crippen molar-refractivity contribution < 1.29 is 9.67 Å². The van der Waals surface area contributed by atoms with E-state index in [-0.39, 0.29) is 11.3 Å². The predicted octanol–water partition coefficient (Wildman–Crippen LogP) is 3.63. The van der Waals surface area contributed by atoms with Crippen molar-refractivity contribution in [3.63, 3.8) is 0 Å². The molecule has 1 N–H and O–H groups in total. The average molecular weight is 268 g/mol. The average Bonchev–Trinajstić information content (AvgIpc) is 2.28. The summed E-state index contributed by atoms with van der Waals surface area (Å²) in [6.45, 7) is 7.92. The number of hydrogen-bond acceptors (Lipinski definition) is 2. The van der Waals surface area contributed by atoms with Crippen molar-refractivity contribution in [2.24, 2.45) is 0 Å². The molecule has 2 atom stereocenters. The second kappa shape index (κ2) is 6.04. The molecule has 0 spiro atoms. The van der Waals surface area contributed by atoms with E-state index in [4.69, 9.17) is 0 Å². The summed E-state index contributed by atoms with van der Waals surface area (Å²) in [6.07, 6.45) is 1.88. The molecular formula is C15H25O2P. The maximum atomic E-state index is 13.3. The molecule has 0 amide bonds. The third kappa shape index (κ3) is 3.70. The minimum absolute atomic E-state index is 0.229. The summed E-state index contributed by atoms with van der Waals surface area (Å²) in [6, 6.07) is 9.78. The normalized spacial score (nSPS) is 17.2. The highest BCUT2D eigenvalue weighted by atomic mass is 31.2. The first-order chi connectivity index (χ1) is 8.27. The second-order valence-electron chi connectivity index (χ2n) is 5.96. The summed E-state index contributed by atoms with van der Waals surface area (Å²) in [5.74, 6) is 0. The van der Waals surface area contributed by atoms with E-state index in [1.54, 1.807) is 6.92 Å². The van der Waals surface area contributed by atoms with Crippen LogP contribution in [0.25, 0.3) is 0 Å². The van der Waals surface area contributed by atoms with Crippen LogP contribution in [0.3, 0.4) is 0 Å². The van der Waals surface area contributed by atoms with Crippen molar-refractivity contribution in [3.8, 4) is 0 Å². The number of benzene rings is 1. The van der Waals surface area contributed by atoms with Crippen LogP contribution in [-0.2, 0) is 4.57 Å². The van der Waals surface area contributed by atoms with Crippen molar-refractivity contribution in [1.82, 2.24) is 0 Å². The van der Waals surface area contributed by atoms with Gasteiger partial charge in [0.2, 0.25) is 0 Å². The van der Waals surface area contributed by atoms with Crippen molar-refractivity contribution in [2.75, 3.05) is 6.16 Å². The van der Waals surface area contributed by atoms with E-state index in [0.717, 1.165) is 11.7 Å². The SMILES string of the molecule is C[C@@H](O)CCCP(=O)(c1ccccc1)C(C)(C)C. The second-order valence-corrected chi connectivity index (χ2v) is 9.75. The summed E-state index contributed by atoms with van der Waals surface area (Å²) in [5.41, 5.74) is 0. The van der Waals surface area contributed by atoms with Crippen molar-refractivity contribution >= 4 is 12.4 Å². The van der Waals surface area contributed by atoms with E-state index in [2.05, 4.69) is 0 Å². The van der Waals surface area contributed by atoms with E-state index < -0.39 is 7.14 Å². The zero-order valence-corrected chi connectivity index (χ0v) is 12.8. The fourth-order valence-electron chi connectivity index (χ4n) is 2.13. The third-order valence-electron chi connectivity index (χ3n) is 3.35. The van der Waals surface area contributed by atoms with Gasteiger partial charge in [-0.25, -0.2) is 0 Å². The van der Waals surface area contributed by atoms with Crippen molar-refractivity contribution in [2.45, 2.75) is 51.8 Å². The summed E-state index contributed by atoms with van der Waals surface area (Å²) in [5, 5.41) is 10.1. The zero-order valence-electron chi connectivity index (χ0n) is 11.9. The quantitative estimate of drug-likeness (QED) is 0.828. The van der Waals surface area contributed by atoms with Gasteiger partial charge in [-0.15, -0.1) is 0 Å². The van der Waals surface area contributed by atoms with E-state index in [0.29, 0.717) is 12.6 Å². The molecule has 1 rings (SSSR count). The topological polar surface area (TPSA) is 37.3 Å². The third-order valence-corrected chi connectivity index (χ3v) is 7.60. The molecule has 0 fully saturated rings. The molecule has 0 aliphatic heterocycles. The van der Waals surface area contributed by atoms with Gasteiger partial charge in [-0.3, -0.25) is 0 Å². The highest BCUT2D eigenvalue weighted by Crippen LogP contribution is 2.57. The molecule has 0 aliphatic rings. The van der Waals surface area contributed by atoms with Gasteiger partial charge in [0, 0.05) is 16.6 Å². The van der Waals surface area contributed by atoms with E-state index in [1.807, 2.05) is 51.1 Å². The molecule has 3 heteroatoms. The fraction of sp³-hybridized carbons (Fsp3) is 0.600. The summed E-state index contributed by atoms with van der Waals surface area (Å²) < 4.78 is 13.3. The molecule has 0 aliphatic carbocycles. The van der Waals surface area contributed by atoms with Gasteiger partial charge in [-0.2, -0.15) is 0 Å². The largest absolute Gasteiger partial charge is 0.393 e. The van der Waals surface area contributed by atoms with Gasteiger partial charge in [0.25, 0.3) is 0 Å². The smallest absolute Gasteiger partial charge is 0.120 e. The molecule has 0 radical (unpaired) electrons. The summed E-state index contributed by atoms with van der Waals surface area (Å²) >= 11 is 0. The van der Waals surface area contributed by atoms with Crippen molar-refractivity contribution in [3.05, 3.63) is 30.3 Å². The predicted molar refractivity (Wildman–Crippen MR) is 79.2 cm³/mol. The van der Waals surface area contributed by atoms with Gasteiger partial charge in [-0.1, -0.05) is 51.1 Å². The van der Waals surface area contributed by atoms with Crippen LogP contribution in [0.5, 0.6) is 0 Å². The van der Waals surface area contributed by atoms with Crippen LogP contribution in [0.1, 0.15) is 40.5 Å². The Morgan fingerprint density at radius 3 is 2.22 bits per heavy atom. The number of aliphatic hydroxyl groups is 1. The lowest BCUT2D eigenvalue weighted by molar-refractivity contribution is 0.183. The van der Waals surface area contributed by atoms with Gasteiger partial charge < -0.3 is 9.67 Å². The lowest BCUT2D eigenvalue weighted by Crippen LogP contribution is -2.25. The van der Waals surface area contributed by atoms with Gasteiger partial charge in [0.1, 0.15) is 7.14 Å². The summed E-state index contributed by atoms with van der Waals surface area (Å²) in [7, 11) is -2.42. The molecule has 0 saturated heterocycles. The van der Waals surface area contributed by atoms with E-state index in [9.17, 15) is 9.67 Å². The Bertz CT molecular complexity index is 404. The molecular weight excluding hydrogens is 243 g/mol. The first-order valence-electron chi connectivity index (χ1n) is 6.60. The van der Waals surface area contributed by atoms with Crippen molar-refractivity contribution in [1.29, 1.82) is 0 Å². The molecule has 1 aromatic carbocycles. The van der Waals surface area contributed by atoms with Gasteiger partial charge in [0.05, 0.1) is 6.10 Å². The Morgan fingerprint density at radius 2 is 1.78 bits per heavy atom. The first-order valence-corrected chi connectivity index (χ1v) is 8.49. The van der Waals surface area contributed by atoms with Crippen LogP contribution in [0.2, 0.25) is 0 Å². The van der Waals surface area contributed by atoms with Crippen LogP contribution in [0.4, 0.5) is 0 Å². The Balaban J connectivity index is 2.95. The summed E-state index contributed by atoms with van der Waals surface area (Å²) in [4.78, 5) is 0. The van der Waals surface area contributed by atoms with Crippen LogP contribution < -0.4 is 5.30 Å². The Hall–Kier alpha value is -0.590. The molecule has 1 aromatic rings.